The average molecular weight is 432 g/mol. The van der Waals surface area contributed by atoms with Gasteiger partial charge in [-0.2, -0.15) is 4.31 Å². The van der Waals surface area contributed by atoms with Gasteiger partial charge in [0, 0.05) is 32.0 Å². The summed E-state index contributed by atoms with van der Waals surface area (Å²) in [6, 6.07) is 2.32. The number of carbonyl (C=O) groups is 2. The van der Waals surface area contributed by atoms with Crippen LogP contribution in [0, 0.1) is 17.6 Å². The molecule has 0 aliphatic carbocycles. The summed E-state index contributed by atoms with van der Waals surface area (Å²) in [5, 5.41) is 2.82. The number of ether oxygens (including phenoxy) is 1. The molecule has 0 saturated carbocycles. The minimum atomic E-state index is -4.15. The Bertz CT molecular complexity index is 824. The maximum atomic E-state index is 13.9. The molecule has 0 radical (unpaired) electrons. The van der Waals surface area contributed by atoms with Crippen LogP contribution in [0.5, 0.6) is 0 Å². The molecule has 2 rings (SSSR count). The van der Waals surface area contributed by atoms with Gasteiger partial charge in [0.1, 0.15) is 16.5 Å². The second-order valence-electron chi connectivity index (χ2n) is 6.93. The SMILES string of the molecule is COC(=O)CCCCCNC(=O)C1CCN(S(=O)(=O)c2cc(F)ccc2F)CC1. The van der Waals surface area contributed by atoms with Crippen molar-refractivity contribution in [2.75, 3.05) is 26.7 Å². The van der Waals surface area contributed by atoms with E-state index in [1.807, 2.05) is 0 Å². The van der Waals surface area contributed by atoms with Gasteiger partial charge < -0.3 is 10.1 Å². The molecule has 0 atom stereocenters. The highest BCUT2D eigenvalue weighted by atomic mass is 32.2. The van der Waals surface area contributed by atoms with Crippen molar-refractivity contribution in [2.24, 2.45) is 5.92 Å². The van der Waals surface area contributed by atoms with E-state index >= 15 is 0 Å². The Hall–Kier alpha value is -2.07. The van der Waals surface area contributed by atoms with E-state index in [9.17, 15) is 26.8 Å². The van der Waals surface area contributed by atoms with Gasteiger partial charge in [0.25, 0.3) is 0 Å². The number of methoxy groups -OCH3 is 1. The van der Waals surface area contributed by atoms with Crippen molar-refractivity contribution in [1.82, 2.24) is 9.62 Å². The van der Waals surface area contributed by atoms with Gasteiger partial charge in [-0.15, -0.1) is 0 Å². The van der Waals surface area contributed by atoms with E-state index in [4.69, 9.17) is 0 Å². The molecule has 0 spiro atoms. The summed E-state index contributed by atoms with van der Waals surface area (Å²) in [7, 11) is -2.81. The molecular weight excluding hydrogens is 406 g/mol. The molecule has 1 heterocycles. The van der Waals surface area contributed by atoms with Crippen molar-refractivity contribution in [3.05, 3.63) is 29.8 Å². The molecule has 1 amide bonds. The van der Waals surface area contributed by atoms with Crippen LogP contribution in [0.4, 0.5) is 8.78 Å². The standard InChI is InChI=1S/C19H26F2N2O5S/c1-28-18(24)5-3-2-4-10-22-19(25)14-8-11-23(12-9-14)29(26,27)17-13-15(20)6-7-16(17)21/h6-7,13-14H,2-5,8-12H2,1H3,(H,22,25). The number of benzene rings is 1. The number of halogens is 2. The zero-order chi connectivity index (χ0) is 21.4. The number of nitrogens with zero attached hydrogens (tertiary/aromatic N) is 1. The summed E-state index contributed by atoms with van der Waals surface area (Å²) in [5.41, 5.74) is 0. The normalized spacial score (nSPS) is 15.8. The lowest BCUT2D eigenvalue weighted by Crippen LogP contribution is -2.43. The number of rotatable bonds is 9. The first-order valence-corrected chi connectivity index (χ1v) is 11.0. The summed E-state index contributed by atoms with van der Waals surface area (Å²) in [6.45, 7) is 0.609. The van der Waals surface area contributed by atoms with E-state index in [1.165, 1.54) is 7.11 Å². The summed E-state index contributed by atoms with van der Waals surface area (Å²) in [4.78, 5) is 22.6. The third kappa shape index (κ3) is 6.46. The number of amides is 1. The Morgan fingerprint density at radius 1 is 1.17 bits per heavy atom. The first-order valence-electron chi connectivity index (χ1n) is 9.55. The second kappa shape index (κ2) is 10.6. The smallest absolute Gasteiger partial charge is 0.305 e. The lowest BCUT2D eigenvalue weighted by Gasteiger charge is -2.30. The first kappa shape index (κ1) is 23.2. The average Bonchev–Trinajstić information content (AvgIpc) is 2.71. The van der Waals surface area contributed by atoms with Crippen molar-refractivity contribution in [2.45, 2.75) is 43.4 Å². The Labute approximate surface area is 169 Å². The number of unbranched alkanes of at least 4 members (excludes halogenated alkanes) is 2. The Morgan fingerprint density at radius 2 is 1.86 bits per heavy atom. The zero-order valence-electron chi connectivity index (χ0n) is 16.3. The highest BCUT2D eigenvalue weighted by Gasteiger charge is 2.33. The number of hydrogen-bond donors (Lipinski definition) is 1. The lowest BCUT2D eigenvalue weighted by molar-refractivity contribution is -0.140. The van der Waals surface area contributed by atoms with E-state index in [-0.39, 0.29) is 30.9 Å². The Balaban J connectivity index is 1.77. The predicted molar refractivity (Wildman–Crippen MR) is 101 cm³/mol. The highest BCUT2D eigenvalue weighted by Crippen LogP contribution is 2.26. The van der Waals surface area contributed by atoms with Gasteiger partial charge in [-0.3, -0.25) is 9.59 Å². The predicted octanol–water partition coefficient (Wildman–Crippen LogP) is 2.22. The molecule has 1 N–H and O–H groups in total. The quantitative estimate of drug-likeness (QED) is 0.477. The molecule has 1 aromatic rings. The van der Waals surface area contributed by atoms with E-state index in [0.29, 0.717) is 38.3 Å². The maximum Gasteiger partial charge on any atom is 0.305 e. The molecule has 0 bridgehead atoms. The van der Waals surface area contributed by atoms with Crippen LogP contribution in [0.2, 0.25) is 0 Å². The monoisotopic (exact) mass is 432 g/mol. The lowest BCUT2D eigenvalue weighted by atomic mass is 9.97. The van der Waals surface area contributed by atoms with Crippen molar-refractivity contribution in [1.29, 1.82) is 0 Å². The molecule has 1 saturated heterocycles. The first-order chi connectivity index (χ1) is 13.8. The van der Waals surface area contributed by atoms with Crippen LogP contribution in [-0.4, -0.2) is 51.3 Å². The molecule has 1 fully saturated rings. The Kier molecular flexibility index (Phi) is 8.51. The fraction of sp³-hybridized carbons (Fsp3) is 0.579. The number of carbonyl (C=O) groups excluding carboxylic acids is 2. The second-order valence-corrected chi connectivity index (χ2v) is 8.84. The number of sulfonamides is 1. The van der Waals surface area contributed by atoms with Crippen LogP contribution in [0.3, 0.4) is 0 Å². The Morgan fingerprint density at radius 3 is 2.52 bits per heavy atom. The van der Waals surface area contributed by atoms with Crippen LogP contribution in [0.25, 0.3) is 0 Å². The van der Waals surface area contributed by atoms with Crippen LogP contribution in [-0.2, 0) is 24.3 Å². The molecule has 0 aromatic heterocycles. The molecule has 162 valence electrons. The third-order valence-electron chi connectivity index (χ3n) is 4.92. The van der Waals surface area contributed by atoms with Gasteiger partial charge in [-0.25, -0.2) is 17.2 Å². The fourth-order valence-electron chi connectivity index (χ4n) is 3.20. The van der Waals surface area contributed by atoms with Gasteiger partial charge in [0.05, 0.1) is 7.11 Å². The number of nitrogens with one attached hydrogen (secondary N) is 1. The summed E-state index contributed by atoms with van der Waals surface area (Å²) in [5.74, 6) is -2.56. The number of hydrogen-bond acceptors (Lipinski definition) is 5. The van der Waals surface area contributed by atoms with Crippen molar-refractivity contribution in [3.8, 4) is 0 Å². The number of esters is 1. The van der Waals surface area contributed by atoms with Crippen LogP contribution >= 0.6 is 0 Å². The zero-order valence-corrected chi connectivity index (χ0v) is 17.1. The van der Waals surface area contributed by atoms with Crippen molar-refractivity contribution in [3.63, 3.8) is 0 Å². The molecule has 10 heteroatoms. The van der Waals surface area contributed by atoms with Crippen LogP contribution in [0.1, 0.15) is 38.5 Å². The van der Waals surface area contributed by atoms with Gasteiger partial charge >= 0.3 is 5.97 Å². The molecular formula is C19H26F2N2O5S. The van der Waals surface area contributed by atoms with E-state index in [2.05, 4.69) is 10.1 Å². The summed E-state index contributed by atoms with van der Waals surface area (Å²) in [6.07, 6.45) is 3.17. The molecule has 1 aliphatic rings. The molecule has 1 aromatic carbocycles. The summed E-state index contributed by atoms with van der Waals surface area (Å²) >= 11 is 0. The molecule has 0 unspecified atom stereocenters. The van der Waals surface area contributed by atoms with E-state index < -0.39 is 26.6 Å². The van der Waals surface area contributed by atoms with E-state index in [0.717, 1.165) is 29.3 Å². The minimum Gasteiger partial charge on any atom is -0.469 e. The van der Waals surface area contributed by atoms with Gasteiger partial charge in [-0.1, -0.05) is 6.42 Å². The minimum absolute atomic E-state index is 0.0650. The van der Waals surface area contributed by atoms with Crippen molar-refractivity contribution < 1.29 is 31.5 Å². The highest BCUT2D eigenvalue weighted by molar-refractivity contribution is 7.89. The summed E-state index contributed by atoms with van der Waals surface area (Å²) < 4.78 is 58.0. The van der Waals surface area contributed by atoms with Gasteiger partial charge in [0.15, 0.2) is 0 Å². The van der Waals surface area contributed by atoms with Crippen LogP contribution in [0.15, 0.2) is 23.1 Å². The van der Waals surface area contributed by atoms with Gasteiger partial charge in [-0.05, 0) is 43.9 Å². The van der Waals surface area contributed by atoms with Crippen molar-refractivity contribution >= 4 is 21.9 Å². The topological polar surface area (TPSA) is 92.8 Å². The maximum absolute atomic E-state index is 13.9. The van der Waals surface area contributed by atoms with Crippen LogP contribution < -0.4 is 5.32 Å². The molecule has 1 aliphatic heterocycles. The molecule has 7 nitrogen and oxygen atoms in total. The fourth-order valence-corrected chi connectivity index (χ4v) is 4.75. The van der Waals surface area contributed by atoms with Gasteiger partial charge in [0.2, 0.25) is 15.9 Å². The van der Waals surface area contributed by atoms with E-state index in [1.54, 1.807) is 0 Å². The number of piperidine rings is 1. The molecule has 29 heavy (non-hydrogen) atoms. The third-order valence-corrected chi connectivity index (χ3v) is 6.83. The largest absolute Gasteiger partial charge is 0.469 e.